The Morgan fingerprint density at radius 3 is 2.52 bits per heavy atom. The van der Waals surface area contributed by atoms with Gasteiger partial charge in [0.15, 0.2) is 0 Å². The van der Waals surface area contributed by atoms with Crippen molar-refractivity contribution in [3.63, 3.8) is 0 Å². The van der Waals surface area contributed by atoms with E-state index in [0.29, 0.717) is 11.7 Å². The van der Waals surface area contributed by atoms with Crippen LogP contribution in [0.2, 0.25) is 0 Å². The molecule has 1 aromatic carbocycles. The predicted octanol–water partition coefficient (Wildman–Crippen LogP) is 1.04. The van der Waals surface area contributed by atoms with Crippen molar-refractivity contribution in [1.82, 2.24) is 10.2 Å². The third-order valence-electron chi connectivity index (χ3n) is 4.47. The molecule has 2 aliphatic heterocycles. The van der Waals surface area contributed by atoms with Gasteiger partial charge in [0.1, 0.15) is 5.75 Å². The number of aromatic hydroxyl groups is 1. The van der Waals surface area contributed by atoms with Crippen LogP contribution < -0.4 is 10.2 Å². The first kappa shape index (κ1) is 14.2. The van der Waals surface area contributed by atoms with Gasteiger partial charge >= 0.3 is 0 Å². The quantitative estimate of drug-likeness (QED) is 0.854. The summed E-state index contributed by atoms with van der Waals surface area (Å²) in [4.78, 5) is 16.7. The Balaban J connectivity index is 1.56. The van der Waals surface area contributed by atoms with Crippen molar-refractivity contribution in [3.05, 3.63) is 24.3 Å². The highest BCUT2D eigenvalue weighted by atomic mass is 16.3. The van der Waals surface area contributed by atoms with Crippen molar-refractivity contribution in [1.29, 1.82) is 0 Å². The van der Waals surface area contributed by atoms with Crippen molar-refractivity contribution < 1.29 is 9.90 Å². The van der Waals surface area contributed by atoms with Crippen molar-refractivity contribution in [2.75, 3.05) is 44.2 Å². The van der Waals surface area contributed by atoms with E-state index in [2.05, 4.69) is 10.2 Å². The maximum absolute atomic E-state index is 12.5. The number of benzene rings is 1. The van der Waals surface area contributed by atoms with Crippen molar-refractivity contribution >= 4 is 11.6 Å². The third-order valence-corrected chi connectivity index (χ3v) is 4.47. The summed E-state index contributed by atoms with van der Waals surface area (Å²) < 4.78 is 0. The lowest BCUT2D eigenvalue weighted by Crippen LogP contribution is -2.51. The van der Waals surface area contributed by atoms with Crippen LogP contribution in [0.5, 0.6) is 5.75 Å². The minimum Gasteiger partial charge on any atom is -0.508 e. The molecule has 2 saturated heterocycles. The molecule has 2 heterocycles. The molecule has 5 heteroatoms. The van der Waals surface area contributed by atoms with Crippen LogP contribution in [0.4, 0.5) is 5.69 Å². The van der Waals surface area contributed by atoms with E-state index in [1.165, 1.54) is 0 Å². The molecule has 21 heavy (non-hydrogen) atoms. The first-order chi connectivity index (χ1) is 10.2. The van der Waals surface area contributed by atoms with Gasteiger partial charge in [-0.2, -0.15) is 0 Å². The van der Waals surface area contributed by atoms with Crippen LogP contribution >= 0.6 is 0 Å². The molecule has 0 aliphatic carbocycles. The summed E-state index contributed by atoms with van der Waals surface area (Å²) >= 11 is 0. The van der Waals surface area contributed by atoms with E-state index in [1.54, 1.807) is 12.1 Å². The molecule has 0 radical (unpaired) electrons. The van der Waals surface area contributed by atoms with Gasteiger partial charge in [-0.1, -0.05) is 6.07 Å². The van der Waals surface area contributed by atoms with Crippen molar-refractivity contribution in [2.24, 2.45) is 5.92 Å². The number of hydrogen-bond acceptors (Lipinski definition) is 4. The zero-order chi connectivity index (χ0) is 14.7. The van der Waals surface area contributed by atoms with E-state index in [1.807, 2.05) is 17.0 Å². The fourth-order valence-corrected chi connectivity index (χ4v) is 3.20. The molecule has 0 atom stereocenters. The number of nitrogens with one attached hydrogen (secondary N) is 1. The third kappa shape index (κ3) is 3.29. The topological polar surface area (TPSA) is 55.8 Å². The number of phenols is 1. The van der Waals surface area contributed by atoms with Crippen molar-refractivity contribution in [3.8, 4) is 5.75 Å². The van der Waals surface area contributed by atoms with Gasteiger partial charge in [-0.05, 0) is 38.1 Å². The van der Waals surface area contributed by atoms with Gasteiger partial charge in [-0.25, -0.2) is 0 Å². The van der Waals surface area contributed by atoms with Gasteiger partial charge in [0.25, 0.3) is 0 Å². The molecule has 0 spiro atoms. The second kappa shape index (κ2) is 6.35. The van der Waals surface area contributed by atoms with Crippen LogP contribution in [0.25, 0.3) is 0 Å². The van der Waals surface area contributed by atoms with Gasteiger partial charge < -0.3 is 20.2 Å². The van der Waals surface area contributed by atoms with Gasteiger partial charge in [-0.15, -0.1) is 0 Å². The Hall–Kier alpha value is -1.75. The van der Waals surface area contributed by atoms with Crippen LogP contribution in [0.1, 0.15) is 12.8 Å². The normalized spacial score (nSPS) is 20.6. The second-order valence-electron chi connectivity index (χ2n) is 5.86. The SMILES string of the molecule is O=C(C1CCNCC1)N1CCN(c2cccc(O)c2)CC1. The summed E-state index contributed by atoms with van der Waals surface area (Å²) in [6, 6.07) is 7.33. The number of phenolic OH excluding ortho intramolecular Hbond substituents is 1. The number of piperidine rings is 1. The monoisotopic (exact) mass is 289 g/mol. The van der Waals surface area contributed by atoms with Crippen molar-refractivity contribution in [2.45, 2.75) is 12.8 Å². The number of hydrogen-bond donors (Lipinski definition) is 2. The number of piperazine rings is 1. The Morgan fingerprint density at radius 2 is 1.86 bits per heavy atom. The Kier molecular flexibility index (Phi) is 4.29. The fourth-order valence-electron chi connectivity index (χ4n) is 3.20. The largest absolute Gasteiger partial charge is 0.508 e. The molecule has 0 saturated carbocycles. The minimum atomic E-state index is 0.207. The molecule has 1 amide bonds. The average Bonchev–Trinajstić information content (AvgIpc) is 2.55. The summed E-state index contributed by atoms with van der Waals surface area (Å²) in [5.41, 5.74) is 1.03. The van der Waals surface area contributed by atoms with Gasteiger partial charge in [0.2, 0.25) is 5.91 Å². The zero-order valence-electron chi connectivity index (χ0n) is 12.3. The van der Waals surface area contributed by atoms with Crippen LogP contribution in [-0.4, -0.2) is 55.2 Å². The Morgan fingerprint density at radius 1 is 1.14 bits per heavy atom. The second-order valence-corrected chi connectivity index (χ2v) is 5.86. The van der Waals surface area contributed by atoms with E-state index in [4.69, 9.17) is 0 Å². The van der Waals surface area contributed by atoms with Crippen LogP contribution in [0.15, 0.2) is 24.3 Å². The number of rotatable bonds is 2. The molecule has 1 aromatic rings. The lowest BCUT2D eigenvalue weighted by atomic mass is 9.96. The number of carbonyl (C=O) groups excluding carboxylic acids is 1. The predicted molar refractivity (Wildman–Crippen MR) is 82.5 cm³/mol. The molecule has 2 aliphatic rings. The average molecular weight is 289 g/mol. The standard InChI is InChI=1S/C16H23N3O2/c20-15-3-1-2-14(12-15)18-8-10-19(11-9-18)16(21)13-4-6-17-7-5-13/h1-3,12-13,17,20H,4-11H2. The first-order valence-corrected chi connectivity index (χ1v) is 7.77. The highest BCUT2D eigenvalue weighted by Crippen LogP contribution is 2.22. The number of anilines is 1. The van der Waals surface area contributed by atoms with Crippen LogP contribution in [0, 0.1) is 5.92 Å². The summed E-state index contributed by atoms with van der Waals surface area (Å²) in [7, 11) is 0. The molecule has 114 valence electrons. The Bertz CT molecular complexity index is 492. The molecule has 3 rings (SSSR count). The molecule has 0 unspecified atom stereocenters. The van der Waals surface area contributed by atoms with E-state index in [9.17, 15) is 9.90 Å². The molecule has 0 bridgehead atoms. The minimum absolute atomic E-state index is 0.207. The number of amides is 1. The van der Waals surface area contributed by atoms with Crippen LogP contribution in [-0.2, 0) is 4.79 Å². The molecule has 5 nitrogen and oxygen atoms in total. The summed E-state index contributed by atoms with van der Waals surface area (Å²) in [5, 5.41) is 12.9. The zero-order valence-corrected chi connectivity index (χ0v) is 12.3. The maximum atomic E-state index is 12.5. The summed E-state index contributed by atoms with van der Waals surface area (Å²) in [6.07, 6.45) is 1.93. The molecule has 0 aromatic heterocycles. The molecular formula is C16H23N3O2. The Labute approximate surface area is 125 Å². The van der Waals surface area contributed by atoms with Gasteiger partial charge in [0.05, 0.1) is 0 Å². The molecule has 2 N–H and O–H groups in total. The molecular weight excluding hydrogens is 266 g/mol. The van der Waals surface area contributed by atoms with E-state index in [-0.39, 0.29) is 5.92 Å². The molecule has 2 fully saturated rings. The highest BCUT2D eigenvalue weighted by Gasteiger charge is 2.28. The first-order valence-electron chi connectivity index (χ1n) is 7.77. The summed E-state index contributed by atoms with van der Waals surface area (Å²) in [5.74, 6) is 0.825. The van der Waals surface area contributed by atoms with E-state index in [0.717, 1.165) is 57.8 Å². The van der Waals surface area contributed by atoms with Gasteiger partial charge in [-0.3, -0.25) is 4.79 Å². The number of nitrogens with zero attached hydrogens (tertiary/aromatic N) is 2. The number of carbonyl (C=O) groups is 1. The van der Waals surface area contributed by atoms with Crippen LogP contribution in [0.3, 0.4) is 0 Å². The lowest BCUT2D eigenvalue weighted by Gasteiger charge is -2.38. The smallest absolute Gasteiger partial charge is 0.225 e. The maximum Gasteiger partial charge on any atom is 0.225 e. The summed E-state index contributed by atoms with van der Waals surface area (Å²) in [6.45, 7) is 5.14. The van der Waals surface area contributed by atoms with Gasteiger partial charge in [0, 0.05) is 43.9 Å². The highest BCUT2D eigenvalue weighted by molar-refractivity contribution is 5.79. The van der Waals surface area contributed by atoms with E-state index < -0.39 is 0 Å². The van der Waals surface area contributed by atoms with E-state index >= 15 is 0 Å². The fraction of sp³-hybridized carbons (Fsp3) is 0.562. The lowest BCUT2D eigenvalue weighted by molar-refractivity contribution is -0.136.